The Hall–Kier alpha value is 1.38. The van der Waals surface area contributed by atoms with Crippen molar-refractivity contribution in [2.45, 2.75) is 106 Å². The standard InChI is InChI=1S/2C9H20S2.C8H19NS2.C7H7NO2.C5H10S2/c2*1-3-10-8-6-5-7-9-11-4-2;1-3-10-7-5-9-6-8-11-4-2;1-6-2-4-7(5-3-6)8(9)10;1-2-4-6-7-5-3-1/h2*3-9H2,1-2H3;9H,3-8H2,1-2H3;2-5H,1H3;1-5H2. The summed E-state index contributed by atoms with van der Waals surface area (Å²) < 4.78 is 0. The fourth-order valence-electron chi connectivity index (χ4n) is 3.73. The molecule has 0 bridgehead atoms. The lowest BCUT2D eigenvalue weighted by Gasteiger charge is -2.02. The first kappa shape index (κ1) is 55.7. The third kappa shape index (κ3) is 53.7. The minimum atomic E-state index is -0.403. The van der Waals surface area contributed by atoms with Crippen molar-refractivity contribution in [2.24, 2.45) is 0 Å². The second-order valence-electron chi connectivity index (χ2n) is 10.9. The van der Waals surface area contributed by atoms with Crippen molar-refractivity contribution in [2.75, 3.05) is 93.6 Å². The molecule has 4 nitrogen and oxygen atoms in total. The fraction of sp³-hybridized carbons (Fsp3) is 0.842. The summed E-state index contributed by atoms with van der Waals surface area (Å²) >= 11 is 12.3. The summed E-state index contributed by atoms with van der Waals surface area (Å²) in [6, 6.07) is 6.43. The number of benzene rings is 1. The van der Waals surface area contributed by atoms with E-state index in [9.17, 15) is 10.1 Å². The molecule has 0 atom stereocenters. The van der Waals surface area contributed by atoms with Gasteiger partial charge in [-0.25, -0.2) is 0 Å². The molecule has 0 saturated carbocycles. The molecule has 298 valence electrons. The monoisotopic (exact) mass is 848 g/mol. The predicted molar refractivity (Wildman–Crippen MR) is 255 cm³/mol. The highest BCUT2D eigenvalue weighted by Gasteiger charge is 2.01. The molecule has 50 heavy (non-hydrogen) atoms. The Labute approximate surface area is 345 Å². The summed E-state index contributed by atoms with van der Waals surface area (Å²) in [5, 5.41) is 13.5. The third-order valence-electron chi connectivity index (χ3n) is 6.51. The van der Waals surface area contributed by atoms with Crippen molar-refractivity contribution in [3.63, 3.8) is 0 Å². The topological polar surface area (TPSA) is 55.2 Å². The Bertz CT molecular complexity index is 666. The molecule has 0 aromatic heterocycles. The van der Waals surface area contributed by atoms with Gasteiger partial charge in [-0.2, -0.15) is 70.6 Å². The number of nitrogens with zero attached hydrogens (tertiary/aromatic N) is 1. The van der Waals surface area contributed by atoms with Gasteiger partial charge in [0.2, 0.25) is 0 Å². The summed E-state index contributed by atoms with van der Waals surface area (Å²) in [6.07, 6.45) is 12.9. The first-order valence-electron chi connectivity index (χ1n) is 19.1. The molecule has 0 aliphatic carbocycles. The van der Waals surface area contributed by atoms with Gasteiger partial charge in [0, 0.05) is 48.2 Å². The van der Waals surface area contributed by atoms with Crippen LogP contribution in [0.5, 0.6) is 0 Å². The molecule has 0 spiro atoms. The van der Waals surface area contributed by atoms with Gasteiger partial charge in [-0.3, -0.25) is 10.1 Å². The van der Waals surface area contributed by atoms with Crippen LogP contribution in [0.2, 0.25) is 0 Å². The van der Waals surface area contributed by atoms with Crippen LogP contribution in [0.3, 0.4) is 0 Å². The van der Waals surface area contributed by atoms with E-state index in [1.54, 1.807) is 12.1 Å². The van der Waals surface area contributed by atoms with Crippen molar-refractivity contribution in [3.05, 3.63) is 39.9 Å². The molecule has 1 heterocycles. The fourth-order valence-corrected chi connectivity index (χ4v) is 9.97. The van der Waals surface area contributed by atoms with Crippen LogP contribution in [0.15, 0.2) is 24.3 Å². The summed E-state index contributed by atoms with van der Waals surface area (Å²) in [5.41, 5.74) is 1.18. The summed E-state index contributed by atoms with van der Waals surface area (Å²) in [6.45, 7) is 17.6. The minimum absolute atomic E-state index is 0.144. The van der Waals surface area contributed by atoms with Crippen LogP contribution in [0, 0.1) is 17.0 Å². The number of nitro benzene ring substituents is 1. The van der Waals surface area contributed by atoms with Crippen LogP contribution in [-0.2, 0) is 0 Å². The summed E-state index contributed by atoms with van der Waals surface area (Å²) in [4.78, 5) is 9.71. The molecule has 1 aromatic rings. The molecule has 0 unspecified atom stereocenters. The van der Waals surface area contributed by atoms with E-state index in [1.807, 2.05) is 52.0 Å². The van der Waals surface area contributed by atoms with Crippen LogP contribution in [-0.4, -0.2) is 98.6 Å². The number of hydrogen-bond acceptors (Lipinski definition) is 11. The zero-order valence-electron chi connectivity index (χ0n) is 33.0. The normalized spacial score (nSPS) is 12.1. The number of unbranched alkanes of at least 4 members (excludes halogenated alkanes) is 4. The average molecular weight is 850 g/mol. The first-order valence-corrected chi connectivity index (χ1v) is 28.5. The molecule has 1 N–H and O–H groups in total. The number of hydrogen-bond donors (Lipinski definition) is 1. The molecule has 12 heteroatoms. The number of nitrogens with one attached hydrogen (secondary N) is 1. The first-order chi connectivity index (χ1) is 24.4. The van der Waals surface area contributed by atoms with E-state index in [0.717, 1.165) is 5.56 Å². The number of nitro groups is 1. The number of non-ortho nitro benzene ring substituents is 1. The van der Waals surface area contributed by atoms with Crippen LogP contribution >= 0.6 is 92.2 Å². The van der Waals surface area contributed by atoms with E-state index in [1.165, 1.54) is 164 Å². The van der Waals surface area contributed by atoms with Gasteiger partial charge >= 0.3 is 0 Å². The van der Waals surface area contributed by atoms with Crippen molar-refractivity contribution in [1.82, 2.24) is 5.32 Å². The maximum absolute atomic E-state index is 10.1. The molecule has 1 fully saturated rings. The molecular weight excluding hydrogens is 773 g/mol. The van der Waals surface area contributed by atoms with Crippen LogP contribution < -0.4 is 5.32 Å². The summed E-state index contributed by atoms with van der Waals surface area (Å²) in [5.74, 6) is 18.4. The lowest BCUT2D eigenvalue weighted by molar-refractivity contribution is -0.384. The van der Waals surface area contributed by atoms with Crippen molar-refractivity contribution >= 4 is 97.8 Å². The van der Waals surface area contributed by atoms with E-state index in [0.29, 0.717) is 0 Å². The molecule has 2 rings (SSSR count). The maximum Gasteiger partial charge on any atom is 0.269 e. The van der Waals surface area contributed by atoms with Gasteiger partial charge in [0.25, 0.3) is 5.69 Å². The molecule has 1 saturated heterocycles. The van der Waals surface area contributed by atoms with Crippen molar-refractivity contribution in [3.8, 4) is 0 Å². The molecule has 1 aliphatic heterocycles. The van der Waals surface area contributed by atoms with Gasteiger partial charge in [0.05, 0.1) is 4.92 Å². The average Bonchev–Trinajstić information content (AvgIpc) is 3.46. The second kappa shape index (κ2) is 52.5. The predicted octanol–water partition coefficient (Wildman–Crippen LogP) is 13.9. The quantitative estimate of drug-likeness (QED) is 0.0443. The molecular formula is C38H76N2O2S8. The van der Waals surface area contributed by atoms with Crippen molar-refractivity contribution in [1.29, 1.82) is 0 Å². The smallest absolute Gasteiger partial charge is 0.269 e. The molecule has 1 aliphatic rings. The maximum atomic E-state index is 10.1. The Morgan fingerprint density at radius 3 is 1.22 bits per heavy atom. The van der Waals surface area contributed by atoms with E-state index in [4.69, 9.17) is 0 Å². The zero-order chi connectivity index (χ0) is 37.6. The number of rotatable bonds is 25. The van der Waals surface area contributed by atoms with Gasteiger partial charge in [-0.1, -0.05) is 100 Å². The highest BCUT2D eigenvalue weighted by atomic mass is 33.1. The number of aryl methyl sites for hydroxylation is 1. The lowest BCUT2D eigenvalue weighted by Crippen LogP contribution is -2.20. The zero-order valence-corrected chi connectivity index (χ0v) is 39.5. The lowest BCUT2D eigenvalue weighted by atomic mass is 10.2. The van der Waals surface area contributed by atoms with Gasteiger partial charge in [-0.05, 0) is 103 Å². The molecule has 0 radical (unpaired) electrons. The van der Waals surface area contributed by atoms with E-state index in [-0.39, 0.29) is 5.69 Å². The largest absolute Gasteiger partial charge is 0.315 e. The Kier molecular flexibility index (Phi) is 58.5. The van der Waals surface area contributed by atoms with Gasteiger partial charge in [0.15, 0.2) is 0 Å². The highest BCUT2D eigenvalue weighted by Crippen LogP contribution is 2.27. The van der Waals surface area contributed by atoms with E-state index in [2.05, 4.69) is 93.9 Å². The van der Waals surface area contributed by atoms with Crippen LogP contribution in [0.25, 0.3) is 0 Å². The third-order valence-corrected chi connectivity index (χ3v) is 14.8. The minimum Gasteiger partial charge on any atom is -0.315 e. The SMILES string of the molecule is C1CCSSCC1.CCSCCCCCSCC.CCSCCCCCSCC.CCSCCNCCSCC.Cc1ccc([N+](=O)[O-])cc1. The van der Waals surface area contributed by atoms with Gasteiger partial charge in [-0.15, -0.1) is 0 Å². The van der Waals surface area contributed by atoms with E-state index >= 15 is 0 Å². The summed E-state index contributed by atoms with van der Waals surface area (Å²) in [7, 11) is 4.06. The Morgan fingerprint density at radius 1 is 0.560 bits per heavy atom. The van der Waals surface area contributed by atoms with Crippen LogP contribution in [0.4, 0.5) is 5.69 Å². The van der Waals surface area contributed by atoms with Gasteiger partial charge < -0.3 is 5.32 Å². The van der Waals surface area contributed by atoms with E-state index < -0.39 is 4.92 Å². The second-order valence-corrected chi connectivity index (χ2v) is 21.9. The molecule has 1 aromatic carbocycles. The van der Waals surface area contributed by atoms with Crippen molar-refractivity contribution < 1.29 is 4.92 Å². The van der Waals surface area contributed by atoms with Gasteiger partial charge in [0.1, 0.15) is 0 Å². The Morgan fingerprint density at radius 2 is 0.900 bits per heavy atom. The molecule has 0 amide bonds. The highest BCUT2D eigenvalue weighted by molar-refractivity contribution is 8.76. The Balaban J connectivity index is -0.000000556. The number of thioether (sulfide) groups is 6. The van der Waals surface area contributed by atoms with Crippen LogP contribution in [0.1, 0.15) is 105 Å².